The van der Waals surface area contributed by atoms with Gasteiger partial charge in [-0.25, -0.2) is 0 Å². The van der Waals surface area contributed by atoms with E-state index in [2.05, 4.69) is 15.5 Å². The summed E-state index contributed by atoms with van der Waals surface area (Å²) in [5.74, 6) is 0.424. The molecule has 0 spiro atoms. The maximum Gasteiger partial charge on any atom is 0.251 e. The molecule has 1 unspecified atom stereocenters. The van der Waals surface area contributed by atoms with Gasteiger partial charge in [-0.15, -0.1) is 0 Å². The molecule has 6 nitrogen and oxygen atoms in total. The summed E-state index contributed by atoms with van der Waals surface area (Å²) in [4.78, 5) is 27.0. The maximum absolute atomic E-state index is 12.3. The first-order chi connectivity index (χ1) is 13.5. The average molecular weight is 383 g/mol. The molecule has 1 fully saturated rings. The Bertz CT molecular complexity index is 775. The third-order valence-corrected chi connectivity index (χ3v) is 5.09. The van der Waals surface area contributed by atoms with Crippen LogP contribution < -0.4 is 10.6 Å². The number of amides is 2. The van der Waals surface area contributed by atoms with Crippen molar-refractivity contribution in [3.8, 4) is 0 Å². The van der Waals surface area contributed by atoms with Crippen molar-refractivity contribution < 1.29 is 14.0 Å². The van der Waals surface area contributed by atoms with Crippen LogP contribution in [0.15, 0.2) is 41.0 Å². The summed E-state index contributed by atoms with van der Waals surface area (Å²) >= 11 is 0. The number of aryl methyl sites for hydroxylation is 2. The van der Waals surface area contributed by atoms with E-state index in [9.17, 15) is 9.59 Å². The van der Waals surface area contributed by atoms with Crippen LogP contribution in [0.5, 0.6) is 0 Å². The van der Waals surface area contributed by atoms with Crippen molar-refractivity contribution >= 4 is 11.8 Å². The number of nitrogens with zero attached hydrogens (tertiary/aromatic N) is 1. The van der Waals surface area contributed by atoms with E-state index < -0.39 is 0 Å². The Morgan fingerprint density at radius 3 is 2.43 bits per heavy atom. The molecular weight excluding hydrogens is 354 g/mol. The van der Waals surface area contributed by atoms with Crippen molar-refractivity contribution in [2.75, 3.05) is 26.2 Å². The molecule has 2 amide bonds. The predicted octanol–water partition coefficient (Wildman–Crippen LogP) is 2.97. The number of rotatable bonds is 7. The van der Waals surface area contributed by atoms with E-state index in [0.717, 1.165) is 42.8 Å². The number of likely N-dealkylation sites (tertiary alicyclic amines) is 1. The normalized spacial score (nSPS) is 15.8. The molecule has 3 rings (SSSR count). The number of piperidine rings is 1. The molecule has 0 bridgehead atoms. The van der Waals surface area contributed by atoms with E-state index in [0.29, 0.717) is 12.1 Å². The average Bonchev–Trinajstić information content (AvgIpc) is 3.21. The Morgan fingerprint density at radius 2 is 1.79 bits per heavy atom. The molecular formula is C22H29N3O3. The topological polar surface area (TPSA) is 74.6 Å². The number of hydrogen-bond donors (Lipinski definition) is 2. The van der Waals surface area contributed by atoms with Crippen molar-refractivity contribution in [1.29, 1.82) is 0 Å². The van der Waals surface area contributed by atoms with Crippen LogP contribution in [0.4, 0.5) is 0 Å². The first kappa shape index (κ1) is 20.1. The summed E-state index contributed by atoms with van der Waals surface area (Å²) in [6.07, 6.45) is 5.24. The lowest BCUT2D eigenvalue weighted by atomic mass is 10.1. The summed E-state index contributed by atoms with van der Waals surface area (Å²) in [7, 11) is 0. The number of nitrogens with one attached hydrogen (secondary N) is 2. The van der Waals surface area contributed by atoms with Crippen molar-refractivity contribution in [3.05, 3.63) is 59.0 Å². The fourth-order valence-electron chi connectivity index (χ4n) is 3.76. The highest BCUT2D eigenvalue weighted by atomic mass is 16.3. The van der Waals surface area contributed by atoms with Gasteiger partial charge < -0.3 is 15.1 Å². The molecule has 1 atom stereocenters. The van der Waals surface area contributed by atoms with E-state index >= 15 is 0 Å². The second-order valence-electron chi connectivity index (χ2n) is 7.49. The van der Waals surface area contributed by atoms with Gasteiger partial charge in [0.25, 0.3) is 5.91 Å². The lowest BCUT2D eigenvalue weighted by Crippen LogP contribution is -2.43. The lowest BCUT2D eigenvalue weighted by molar-refractivity contribution is -0.120. The van der Waals surface area contributed by atoms with Crippen LogP contribution in [-0.4, -0.2) is 42.9 Å². The van der Waals surface area contributed by atoms with E-state index in [4.69, 9.17) is 4.42 Å². The zero-order valence-electron chi connectivity index (χ0n) is 16.7. The fourth-order valence-corrected chi connectivity index (χ4v) is 3.76. The molecule has 0 saturated carbocycles. The molecule has 1 aromatic carbocycles. The van der Waals surface area contributed by atoms with E-state index in [1.807, 2.05) is 44.2 Å². The van der Waals surface area contributed by atoms with Gasteiger partial charge in [-0.05, 0) is 64.0 Å². The SMILES string of the molecule is Cc1cc(C)cc(C(=O)NCC(=O)NCC(c2ccco2)N2CCCCC2)c1. The van der Waals surface area contributed by atoms with Gasteiger partial charge in [0.1, 0.15) is 5.76 Å². The van der Waals surface area contributed by atoms with Crippen LogP contribution in [0.1, 0.15) is 52.5 Å². The van der Waals surface area contributed by atoms with Gasteiger partial charge in [0.15, 0.2) is 0 Å². The monoisotopic (exact) mass is 383 g/mol. The molecule has 0 radical (unpaired) electrons. The highest BCUT2D eigenvalue weighted by molar-refractivity contribution is 5.96. The van der Waals surface area contributed by atoms with Gasteiger partial charge in [0.2, 0.25) is 5.91 Å². The molecule has 0 aliphatic carbocycles. The summed E-state index contributed by atoms with van der Waals surface area (Å²) in [5, 5.41) is 5.65. The van der Waals surface area contributed by atoms with Gasteiger partial charge in [-0.3, -0.25) is 14.5 Å². The van der Waals surface area contributed by atoms with Crippen LogP contribution in [0, 0.1) is 13.8 Å². The molecule has 28 heavy (non-hydrogen) atoms. The molecule has 2 aromatic rings. The number of carbonyl (C=O) groups excluding carboxylic acids is 2. The van der Waals surface area contributed by atoms with E-state index in [-0.39, 0.29) is 24.4 Å². The predicted molar refractivity (Wildman–Crippen MR) is 108 cm³/mol. The minimum Gasteiger partial charge on any atom is -0.468 e. The maximum atomic E-state index is 12.3. The minimum atomic E-state index is -0.236. The van der Waals surface area contributed by atoms with Gasteiger partial charge in [0, 0.05) is 12.1 Å². The van der Waals surface area contributed by atoms with E-state index in [1.165, 1.54) is 6.42 Å². The quantitative estimate of drug-likeness (QED) is 0.771. The van der Waals surface area contributed by atoms with E-state index in [1.54, 1.807) is 6.26 Å². The Labute approximate surface area is 166 Å². The Kier molecular flexibility index (Phi) is 6.87. The number of furan rings is 1. The van der Waals surface area contributed by atoms with Crippen LogP contribution >= 0.6 is 0 Å². The zero-order chi connectivity index (χ0) is 19.9. The largest absolute Gasteiger partial charge is 0.468 e. The number of carbonyl (C=O) groups is 2. The molecule has 6 heteroatoms. The van der Waals surface area contributed by atoms with Crippen molar-refractivity contribution in [3.63, 3.8) is 0 Å². The summed E-state index contributed by atoms with van der Waals surface area (Å²) in [6, 6.07) is 9.51. The number of hydrogen-bond acceptors (Lipinski definition) is 4. The smallest absolute Gasteiger partial charge is 0.251 e. The van der Waals surface area contributed by atoms with Crippen LogP contribution in [-0.2, 0) is 4.79 Å². The summed E-state index contributed by atoms with van der Waals surface area (Å²) < 4.78 is 5.60. The molecule has 1 aliphatic heterocycles. The standard InChI is InChI=1S/C22H29N3O3/c1-16-11-17(2)13-18(12-16)22(27)24-15-21(26)23-14-19(20-7-6-10-28-20)25-8-4-3-5-9-25/h6-7,10-13,19H,3-5,8-9,14-15H2,1-2H3,(H,23,26)(H,24,27). The Balaban J connectivity index is 1.52. The Morgan fingerprint density at radius 1 is 1.07 bits per heavy atom. The molecule has 1 saturated heterocycles. The van der Waals surface area contributed by atoms with Crippen LogP contribution in [0.3, 0.4) is 0 Å². The van der Waals surface area contributed by atoms with Gasteiger partial charge in [-0.1, -0.05) is 23.6 Å². The molecule has 1 aliphatic rings. The van der Waals surface area contributed by atoms with Gasteiger partial charge >= 0.3 is 0 Å². The summed E-state index contributed by atoms with van der Waals surface area (Å²) in [5.41, 5.74) is 2.63. The second-order valence-corrected chi connectivity index (χ2v) is 7.49. The lowest BCUT2D eigenvalue weighted by Gasteiger charge is -2.33. The van der Waals surface area contributed by atoms with Crippen molar-refractivity contribution in [2.24, 2.45) is 0 Å². The molecule has 150 valence electrons. The van der Waals surface area contributed by atoms with Crippen molar-refractivity contribution in [1.82, 2.24) is 15.5 Å². The number of benzene rings is 1. The highest BCUT2D eigenvalue weighted by Gasteiger charge is 2.24. The third-order valence-electron chi connectivity index (χ3n) is 5.09. The van der Waals surface area contributed by atoms with Gasteiger partial charge in [-0.2, -0.15) is 0 Å². The van der Waals surface area contributed by atoms with Crippen molar-refractivity contribution in [2.45, 2.75) is 39.2 Å². The van der Waals surface area contributed by atoms with Crippen LogP contribution in [0.2, 0.25) is 0 Å². The first-order valence-corrected chi connectivity index (χ1v) is 9.93. The Hall–Kier alpha value is -2.60. The second kappa shape index (κ2) is 9.55. The van der Waals surface area contributed by atoms with Crippen LogP contribution in [0.25, 0.3) is 0 Å². The van der Waals surface area contributed by atoms with Gasteiger partial charge in [0.05, 0.1) is 18.8 Å². The highest BCUT2D eigenvalue weighted by Crippen LogP contribution is 2.24. The minimum absolute atomic E-state index is 0.0226. The zero-order valence-corrected chi connectivity index (χ0v) is 16.7. The fraction of sp³-hybridized carbons (Fsp3) is 0.455. The molecule has 2 N–H and O–H groups in total. The first-order valence-electron chi connectivity index (χ1n) is 9.93. The third kappa shape index (κ3) is 5.45. The molecule has 2 heterocycles. The summed E-state index contributed by atoms with van der Waals surface area (Å²) in [6.45, 7) is 6.33. The molecule has 1 aromatic heterocycles.